The molecule has 3 rings (SSSR count). The summed E-state index contributed by atoms with van der Waals surface area (Å²) < 4.78 is 15.0. The van der Waals surface area contributed by atoms with E-state index in [0.29, 0.717) is 22.4 Å². The van der Waals surface area contributed by atoms with E-state index in [1.165, 1.54) is 6.07 Å². The van der Waals surface area contributed by atoms with Crippen molar-refractivity contribution in [3.63, 3.8) is 0 Å². The van der Waals surface area contributed by atoms with Crippen molar-refractivity contribution < 1.29 is 4.39 Å². The third-order valence-electron chi connectivity index (χ3n) is 2.91. The summed E-state index contributed by atoms with van der Waals surface area (Å²) in [7, 11) is 0. The molecule has 0 unspecified atom stereocenters. The summed E-state index contributed by atoms with van der Waals surface area (Å²) >= 11 is 5.81. The second-order valence-corrected chi connectivity index (χ2v) is 4.91. The van der Waals surface area contributed by atoms with Gasteiger partial charge in [-0.2, -0.15) is 0 Å². The van der Waals surface area contributed by atoms with Crippen molar-refractivity contribution in [3.8, 4) is 17.5 Å². The minimum atomic E-state index is -0.398. The highest BCUT2D eigenvalue weighted by Gasteiger charge is 2.05. The topological polar surface area (TPSA) is 43.6 Å². The van der Waals surface area contributed by atoms with Crippen molar-refractivity contribution in [1.29, 1.82) is 0 Å². The van der Waals surface area contributed by atoms with Gasteiger partial charge in [-0.05, 0) is 25.0 Å². The Morgan fingerprint density at radius 3 is 2.86 bits per heavy atom. The molecule has 0 amide bonds. The number of aromatic nitrogens is 4. The third-order valence-corrected chi connectivity index (χ3v) is 3.12. The number of hydrogen-bond donors (Lipinski definition) is 0. The molecule has 0 bridgehead atoms. The molecule has 0 aliphatic rings. The monoisotopic (exact) mass is 312 g/mol. The lowest BCUT2D eigenvalue weighted by atomic mass is 10.2. The first-order chi connectivity index (χ1) is 10.6. The van der Waals surface area contributed by atoms with Crippen LogP contribution >= 0.6 is 11.6 Å². The van der Waals surface area contributed by atoms with Gasteiger partial charge in [-0.15, -0.1) is 0 Å². The molecule has 108 valence electrons. The number of imidazole rings is 1. The molecule has 0 radical (unpaired) electrons. The van der Waals surface area contributed by atoms with Gasteiger partial charge in [0.05, 0.1) is 18.1 Å². The molecule has 3 heterocycles. The molecule has 22 heavy (non-hydrogen) atoms. The summed E-state index contributed by atoms with van der Waals surface area (Å²) in [4.78, 5) is 12.1. The molecule has 3 aromatic heterocycles. The van der Waals surface area contributed by atoms with Gasteiger partial charge in [-0.1, -0.05) is 17.5 Å². The fourth-order valence-electron chi connectivity index (χ4n) is 1.94. The number of hydrogen-bond acceptors (Lipinski definition) is 3. The van der Waals surface area contributed by atoms with Crippen LogP contribution < -0.4 is 0 Å². The summed E-state index contributed by atoms with van der Waals surface area (Å²) in [5, 5.41) is 0.388. The Balaban J connectivity index is 1.93. The van der Waals surface area contributed by atoms with Gasteiger partial charge in [0.1, 0.15) is 22.5 Å². The van der Waals surface area contributed by atoms with E-state index in [9.17, 15) is 4.39 Å². The number of pyridine rings is 2. The second-order valence-electron chi connectivity index (χ2n) is 4.52. The van der Waals surface area contributed by atoms with Crippen LogP contribution in [-0.4, -0.2) is 19.5 Å². The highest BCUT2D eigenvalue weighted by atomic mass is 35.5. The van der Waals surface area contributed by atoms with Crippen molar-refractivity contribution in [2.24, 2.45) is 0 Å². The highest BCUT2D eigenvalue weighted by molar-refractivity contribution is 6.29. The molecule has 4 nitrogen and oxygen atoms in total. The maximum absolute atomic E-state index is 13.3. The van der Waals surface area contributed by atoms with Crippen LogP contribution in [-0.2, 0) is 0 Å². The standard InChI is InChI=1S/C16H10ClFN4/c1-11-21-14(3-2-12-4-5-20-16(17)6-12)10-22(11)15-7-13(18)8-19-9-15/h4-10H,1H3. The minimum Gasteiger partial charge on any atom is -0.301 e. The summed E-state index contributed by atoms with van der Waals surface area (Å²) in [6.45, 7) is 1.82. The lowest BCUT2D eigenvalue weighted by Gasteiger charge is -2.02. The van der Waals surface area contributed by atoms with Crippen molar-refractivity contribution in [2.75, 3.05) is 0 Å². The molecule has 0 aliphatic carbocycles. The highest BCUT2D eigenvalue weighted by Crippen LogP contribution is 2.12. The van der Waals surface area contributed by atoms with Gasteiger partial charge in [0.25, 0.3) is 0 Å². The Hall–Kier alpha value is -2.71. The zero-order valence-electron chi connectivity index (χ0n) is 11.6. The van der Waals surface area contributed by atoms with Crippen LogP contribution in [0.25, 0.3) is 5.69 Å². The summed E-state index contributed by atoms with van der Waals surface area (Å²) in [5.74, 6) is 6.22. The fourth-order valence-corrected chi connectivity index (χ4v) is 2.12. The molecule has 6 heteroatoms. The maximum atomic E-state index is 13.3. The van der Waals surface area contributed by atoms with Gasteiger partial charge >= 0.3 is 0 Å². The van der Waals surface area contributed by atoms with E-state index < -0.39 is 5.82 Å². The predicted octanol–water partition coefficient (Wildman–Crippen LogP) is 3.16. The van der Waals surface area contributed by atoms with Gasteiger partial charge in [-0.25, -0.2) is 14.4 Å². The van der Waals surface area contributed by atoms with Crippen LogP contribution in [0.2, 0.25) is 5.15 Å². The van der Waals surface area contributed by atoms with E-state index in [-0.39, 0.29) is 0 Å². The first-order valence-corrected chi connectivity index (χ1v) is 6.80. The molecule has 0 spiro atoms. The third kappa shape index (κ3) is 3.13. The van der Waals surface area contributed by atoms with E-state index in [1.54, 1.807) is 35.3 Å². The Bertz CT molecular complexity index is 892. The van der Waals surface area contributed by atoms with Gasteiger partial charge in [0.15, 0.2) is 0 Å². The molecule has 0 saturated heterocycles. The van der Waals surface area contributed by atoms with Crippen LogP contribution in [0, 0.1) is 24.6 Å². The van der Waals surface area contributed by atoms with Crippen molar-refractivity contribution in [1.82, 2.24) is 19.5 Å². The molecule has 0 aliphatic heterocycles. The number of aryl methyl sites for hydroxylation is 1. The molecule has 0 N–H and O–H groups in total. The first-order valence-electron chi connectivity index (χ1n) is 6.42. The number of halogens is 2. The smallest absolute Gasteiger partial charge is 0.143 e. The maximum Gasteiger partial charge on any atom is 0.143 e. The van der Waals surface area contributed by atoms with Crippen molar-refractivity contribution >= 4 is 11.6 Å². The molecule has 0 saturated carbocycles. The van der Waals surface area contributed by atoms with E-state index in [0.717, 1.165) is 11.8 Å². The quantitative estimate of drug-likeness (QED) is 0.512. The summed E-state index contributed by atoms with van der Waals surface area (Å²) in [6.07, 6.45) is 6.05. The lowest BCUT2D eigenvalue weighted by molar-refractivity contribution is 0.619. The predicted molar refractivity (Wildman–Crippen MR) is 81.3 cm³/mol. The average Bonchev–Trinajstić information content (AvgIpc) is 2.86. The fraction of sp³-hybridized carbons (Fsp3) is 0.0625. The second kappa shape index (κ2) is 5.96. The van der Waals surface area contributed by atoms with Crippen molar-refractivity contribution in [2.45, 2.75) is 6.92 Å². The lowest BCUT2D eigenvalue weighted by Crippen LogP contribution is -1.96. The van der Waals surface area contributed by atoms with E-state index in [2.05, 4.69) is 26.8 Å². The molecule has 3 aromatic rings. The summed E-state index contributed by atoms with van der Waals surface area (Å²) in [5.41, 5.74) is 1.93. The molecular formula is C16H10ClFN4. The summed E-state index contributed by atoms with van der Waals surface area (Å²) in [6, 6.07) is 4.83. The Labute approximate surface area is 131 Å². The van der Waals surface area contributed by atoms with Crippen LogP contribution in [0.4, 0.5) is 4.39 Å². The van der Waals surface area contributed by atoms with Crippen LogP contribution in [0.15, 0.2) is 43.0 Å². The van der Waals surface area contributed by atoms with Crippen LogP contribution in [0.5, 0.6) is 0 Å². The van der Waals surface area contributed by atoms with E-state index in [1.807, 2.05) is 6.92 Å². The Morgan fingerprint density at radius 1 is 1.23 bits per heavy atom. The zero-order valence-corrected chi connectivity index (χ0v) is 12.3. The SMILES string of the molecule is Cc1nc(C#Cc2ccnc(Cl)c2)cn1-c1cncc(F)c1. The average molecular weight is 313 g/mol. The van der Waals surface area contributed by atoms with Crippen molar-refractivity contribution in [3.05, 3.63) is 71.0 Å². The number of nitrogens with zero attached hydrogens (tertiary/aromatic N) is 4. The number of rotatable bonds is 1. The normalized spacial score (nSPS) is 10.1. The molecule has 0 fully saturated rings. The van der Waals surface area contributed by atoms with Crippen LogP contribution in [0.1, 0.15) is 17.1 Å². The van der Waals surface area contributed by atoms with E-state index >= 15 is 0 Å². The zero-order chi connectivity index (χ0) is 15.5. The minimum absolute atomic E-state index is 0.388. The van der Waals surface area contributed by atoms with Gasteiger partial charge < -0.3 is 4.57 Å². The van der Waals surface area contributed by atoms with E-state index in [4.69, 9.17) is 11.6 Å². The largest absolute Gasteiger partial charge is 0.301 e. The molecular weight excluding hydrogens is 303 g/mol. The Kier molecular flexibility index (Phi) is 3.86. The van der Waals surface area contributed by atoms with Gasteiger partial charge in [-0.3, -0.25) is 4.98 Å². The van der Waals surface area contributed by atoms with Gasteiger partial charge in [0, 0.05) is 24.0 Å². The van der Waals surface area contributed by atoms with Crippen LogP contribution in [0.3, 0.4) is 0 Å². The first kappa shape index (κ1) is 14.2. The Morgan fingerprint density at radius 2 is 2.09 bits per heavy atom. The van der Waals surface area contributed by atoms with Gasteiger partial charge in [0.2, 0.25) is 0 Å². The molecule has 0 atom stereocenters. The molecule has 0 aromatic carbocycles.